The molecule has 1 N–H and O–H groups in total. The third-order valence-electron chi connectivity index (χ3n) is 2.40. The van der Waals surface area contributed by atoms with E-state index in [-0.39, 0.29) is 17.1 Å². The number of fused-ring (bicyclic) bond motifs is 1. The van der Waals surface area contributed by atoms with Gasteiger partial charge in [0.25, 0.3) is 0 Å². The molecule has 0 radical (unpaired) electrons. The van der Waals surface area contributed by atoms with E-state index < -0.39 is 11.6 Å². The van der Waals surface area contributed by atoms with Crippen LogP contribution in [0.3, 0.4) is 0 Å². The first-order chi connectivity index (χ1) is 8.00. The minimum absolute atomic E-state index is 0.185. The van der Waals surface area contributed by atoms with Crippen LogP contribution in [0.4, 0.5) is 13.2 Å². The molecule has 88 valence electrons. The van der Waals surface area contributed by atoms with Gasteiger partial charge in [-0.15, -0.1) is 0 Å². The summed E-state index contributed by atoms with van der Waals surface area (Å²) in [6, 6.07) is 6.95. The molecule has 0 fully saturated rings. The van der Waals surface area contributed by atoms with E-state index in [4.69, 9.17) is 5.11 Å². The van der Waals surface area contributed by atoms with Crippen LogP contribution < -0.4 is 0 Å². The van der Waals surface area contributed by atoms with Crippen molar-refractivity contribution in [3.8, 4) is 16.9 Å². The maximum Gasteiger partial charge on any atom is 0.164 e. The van der Waals surface area contributed by atoms with Crippen LogP contribution in [0.1, 0.15) is 5.56 Å². The summed E-state index contributed by atoms with van der Waals surface area (Å²) in [5, 5.41) is 8.73. The van der Waals surface area contributed by atoms with Gasteiger partial charge < -0.3 is 5.11 Å². The number of halogens is 3. The molecule has 0 amide bonds. The van der Waals surface area contributed by atoms with Gasteiger partial charge in [0.15, 0.2) is 11.6 Å². The zero-order valence-electron chi connectivity index (χ0n) is 8.97. The summed E-state index contributed by atoms with van der Waals surface area (Å²) in [5.41, 5.74) is 1.49. The van der Waals surface area contributed by atoms with Crippen LogP contribution in [0.2, 0.25) is 0 Å². The highest BCUT2D eigenvalue weighted by atomic mass is 19.1. The molecule has 0 atom stereocenters. The lowest BCUT2D eigenvalue weighted by atomic mass is 10.2. The van der Waals surface area contributed by atoms with Gasteiger partial charge in [0.05, 0.1) is 5.56 Å². The van der Waals surface area contributed by atoms with Crippen LogP contribution in [0.25, 0.3) is 11.1 Å². The second-order valence-corrected chi connectivity index (χ2v) is 3.74. The maximum atomic E-state index is 12.2. The van der Waals surface area contributed by atoms with E-state index >= 15 is 0 Å². The van der Waals surface area contributed by atoms with Crippen LogP contribution in [0, 0.1) is 24.4 Å². The van der Waals surface area contributed by atoms with Gasteiger partial charge in [-0.3, -0.25) is 0 Å². The van der Waals surface area contributed by atoms with Crippen molar-refractivity contribution < 1.29 is 18.3 Å². The van der Waals surface area contributed by atoms with Crippen LogP contribution in [-0.4, -0.2) is 5.11 Å². The van der Waals surface area contributed by atoms with Crippen molar-refractivity contribution in [2.45, 2.75) is 6.92 Å². The fraction of sp³-hybridized carbons (Fsp3) is 0.0769. The standard InChI is InChI=1S/C7H7FO.C6H2F2/c1-5-2-3-6(8)7(9)4-5;7-4-2-1-3-5(4)6(3)8/h2-4,9H,1H3;1-2H. The third-order valence-corrected chi connectivity index (χ3v) is 2.40. The summed E-state index contributed by atoms with van der Waals surface area (Å²) in [5.74, 6) is -1.65. The van der Waals surface area contributed by atoms with Gasteiger partial charge in [0.2, 0.25) is 0 Å². The van der Waals surface area contributed by atoms with Crippen LogP contribution >= 0.6 is 0 Å². The molecule has 0 spiro atoms. The van der Waals surface area contributed by atoms with Gasteiger partial charge in [-0.1, -0.05) is 6.07 Å². The van der Waals surface area contributed by atoms with Crippen LogP contribution in [0.15, 0.2) is 30.3 Å². The molecule has 2 aliphatic carbocycles. The van der Waals surface area contributed by atoms with Crippen LogP contribution in [0.5, 0.6) is 5.75 Å². The predicted octanol–water partition coefficient (Wildman–Crippen LogP) is 3.78. The lowest BCUT2D eigenvalue weighted by Crippen LogP contribution is -1.75. The Bertz CT molecular complexity index is 579. The number of aryl methyl sites for hydroxylation is 1. The Kier molecular flexibility index (Phi) is 2.79. The normalized spacial score (nSPS) is 10.6. The topological polar surface area (TPSA) is 20.2 Å². The van der Waals surface area contributed by atoms with Crippen molar-refractivity contribution in [2.75, 3.05) is 0 Å². The van der Waals surface area contributed by atoms with Crippen LogP contribution in [-0.2, 0) is 0 Å². The van der Waals surface area contributed by atoms with E-state index in [0.29, 0.717) is 5.56 Å². The number of phenols is 1. The highest BCUT2D eigenvalue weighted by Gasteiger charge is 2.28. The minimum atomic E-state index is -0.569. The van der Waals surface area contributed by atoms with Gasteiger partial charge in [-0.05, 0) is 36.8 Å². The van der Waals surface area contributed by atoms with E-state index in [2.05, 4.69) is 0 Å². The lowest BCUT2D eigenvalue weighted by Gasteiger charge is -1.93. The van der Waals surface area contributed by atoms with Crippen molar-refractivity contribution >= 4 is 0 Å². The Balaban J connectivity index is 0.000000127. The lowest BCUT2D eigenvalue weighted by molar-refractivity contribution is 0.432. The first-order valence-corrected chi connectivity index (χ1v) is 4.94. The highest BCUT2D eigenvalue weighted by molar-refractivity contribution is 5.83. The fourth-order valence-corrected chi connectivity index (χ4v) is 1.43. The van der Waals surface area contributed by atoms with Crippen molar-refractivity contribution in [1.29, 1.82) is 0 Å². The Hall–Kier alpha value is -1.97. The van der Waals surface area contributed by atoms with Gasteiger partial charge in [0, 0.05) is 5.56 Å². The molecule has 0 saturated heterocycles. The average molecular weight is 238 g/mol. The molecule has 1 nitrogen and oxygen atoms in total. The van der Waals surface area contributed by atoms with Gasteiger partial charge >= 0.3 is 0 Å². The minimum Gasteiger partial charge on any atom is -0.505 e. The molecular weight excluding hydrogens is 229 g/mol. The molecule has 0 heterocycles. The Morgan fingerprint density at radius 2 is 1.59 bits per heavy atom. The first kappa shape index (κ1) is 11.5. The molecule has 1 aromatic rings. The fourth-order valence-electron chi connectivity index (χ4n) is 1.43. The number of benzene rings is 2. The molecule has 2 aliphatic rings. The van der Waals surface area contributed by atoms with E-state index in [9.17, 15) is 13.2 Å². The predicted molar refractivity (Wildman–Crippen MR) is 58.2 cm³/mol. The molecular formula is C13H9F3O. The smallest absolute Gasteiger partial charge is 0.164 e. The molecule has 17 heavy (non-hydrogen) atoms. The molecule has 1 aromatic carbocycles. The Labute approximate surface area is 96.1 Å². The largest absolute Gasteiger partial charge is 0.505 e. The quantitative estimate of drug-likeness (QED) is 0.631. The second kappa shape index (κ2) is 4.13. The molecule has 0 saturated carbocycles. The molecule has 3 rings (SSSR count). The van der Waals surface area contributed by atoms with E-state index in [1.807, 2.05) is 0 Å². The third kappa shape index (κ3) is 2.25. The summed E-state index contributed by atoms with van der Waals surface area (Å²) in [7, 11) is 0. The van der Waals surface area contributed by atoms with E-state index in [0.717, 1.165) is 5.56 Å². The van der Waals surface area contributed by atoms with E-state index in [1.165, 1.54) is 24.3 Å². The molecule has 4 heteroatoms. The zero-order valence-corrected chi connectivity index (χ0v) is 8.97. The first-order valence-electron chi connectivity index (χ1n) is 4.94. The zero-order chi connectivity index (χ0) is 12.6. The van der Waals surface area contributed by atoms with E-state index in [1.54, 1.807) is 13.0 Å². The van der Waals surface area contributed by atoms with Gasteiger partial charge in [-0.25, -0.2) is 13.2 Å². The summed E-state index contributed by atoms with van der Waals surface area (Å²) < 4.78 is 36.4. The number of aromatic hydroxyl groups is 1. The number of rotatable bonds is 0. The Morgan fingerprint density at radius 1 is 0.941 bits per heavy atom. The summed E-state index contributed by atoms with van der Waals surface area (Å²) in [6.45, 7) is 1.79. The van der Waals surface area contributed by atoms with Gasteiger partial charge in [-0.2, -0.15) is 0 Å². The molecule has 0 bridgehead atoms. The van der Waals surface area contributed by atoms with Gasteiger partial charge in [0.1, 0.15) is 11.6 Å². The SMILES string of the molecule is Cc1ccc(F)c(O)c1.Fc1ccc2c(F)c1-2. The maximum absolute atomic E-state index is 12.2. The summed E-state index contributed by atoms with van der Waals surface area (Å²) in [6.07, 6.45) is 0. The van der Waals surface area contributed by atoms with Crippen molar-refractivity contribution in [2.24, 2.45) is 0 Å². The number of hydrogen-bond donors (Lipinski definition) is 1. The summed E-state index contributed by atoms with van der Waals surface area (Å²) >= 11 is 0. The second-order valence-electron chi connectivity index (χ2n) is 3.74. The van der Waals surface area contributed by atoms with Crippen molar-refractivity contribution in [3.63, 3.8) is 0 Å². The Morgan fingerprint density at radius 3 is 1.94 bits per heavy atom. The highest BCUT2D eigenvalue weighted by Crippen LogP contribution is 2.42. The van der Waals surface area contributed by atoms with Crippen molar-refractivity contribution in [1.82, 2.24) is 0 Å². The number of hydrogen-bond acceptors (Lipinski definition) is 1. The molecule has 0 unspecified atom stereocenters. The average Bonchev–Trinajstić information content (AvgIpc) is 2.74. The number of phenolic OH excluding ortho intramolecular Hbond substituents is 1. The monoisotopic (exact) mass is 238 g/mol. The molecule has 0 aliphatic heterocycles. The molecule has 0 aromatic heterocycles. The summed E-state index contributed by atoms with van der Waals surface area (Å²) in [4.78, 5) is 0. The van der Waals surface area contributed by atoms with Crippen molar-refractivity contribution in [3.05, 3.63) is 53.3 Å².